The molecule has 0 saturated heterocycles. The van der Waals surface area contributed by atoms with E-state index in [0.717, 1.165) is 18.4 Å². The molecule has 0 N–H and O–H groups in total. The second-order valence-corrected chi connectivity index (χ2v) is 7.43. The number of carbonyl (C=O) groups excluding carboxylic acids is 1. The van der Waals surface area contributed by atoms with Crippen molar-refractivity contribution in [1.29, 1.82) is 0 Å². The highest BCUT2D eigenvalue weighted by Gasteiger charge is 2.35. The molecule has 0 spiro atoms. The van der Waals surface area contributed by atoms with Crippen molar-refractivity contribution in [1.82, 2.24) is 0 Å². The van der Waals surface area contributed by atoms with Gasteiger partial charge in [0.15, 0.2) is 0 Å². The smallest absolute Gasteiger partial charge is 0.368 e. The van der Waals surface area contributed by atoms with Gasteiger partial charge in [-0.3, -0.25) is 4.57 Å². The molecule has 0 unspecified atom stereocenters. The van der Waals surface area contributed by atoms with Gasteiger partial charge in [-0.05, 0) is 60.5 Å². The van der Waals surface area contributed by atoms with Gasteiger partial charge in [0.25, 0.3) is 0 Å². The average molecular weight is 358 g/mol. The van der Waals surface area contributed by atoms with Gasteiger partial charge < -0.3 is 13.8 Å². The molecule has 0 bridgehead atoms. The molecule has 0 aromatic rings. The molecule has 0 aliphatic rings. The molecule has 0 aromatic carbocycles. The summed E-state index contributed by atoms with van der Waals surface area (Å²) in [6.45, 7) is 11.7. The van der Waals surface area contributed by atoms with Crippen LogP contribution >= 0.6 is 7.60 Å². The van der Waals surface area contributed by atoms with Crippen LogP contribution in [0.15, 0.2) is 34.7 Å². The van der Waals surface area contributed by atoms with Crippen molar-refractivity contribution in [3.05, 3.63) is 34.7 Å². The van der Waals surface area contributed by atoms with E-state index in [0.29, 0.717) is 0 Å². The molecular weight excluding hydrogens is 327 g/mol. The molecule has 0 fully saturated rings. The number of hydrogen-bond acceptors (Lipinski definition) is 5. The van der Waals surface area contributed by atoms with Gasteiger partial charge in [-0.2, -0.15) is 0 Å². The Bertz CT molecular complexity index is 518. The summed E-state index contributed by atoms with van der Waals surface area (Å²) in [7, 11) is -3.68. The number of hydrogen-bond donors (Lipinski definition) is 0. The second kappa shape index (κ2) is 12.2. The van der Waals surface area contributed by atoms with E-state index >= 15 is 0 Å². The van der Waals surface area contributed by atoms with E-state index in [4.69, 9.17) is 13.8 Å². The van der Waals surface area contributed by atoms with Gasteiger partial charge in [0.05, 0.1) is 19.8 Å². The van der Waals surface area contributed by atoms with Crippen LogP contribution in [0.1, 0.15) is 54.4 Å². The van der Waals surface area contributed by atoms with Gasteiger partial charge in [0.1, 0.15) is 5.31 Å². The fraction of sp³-hybridized carbons (Fsp3) is 0.611. The van der Waals surface area contributed by atoms with E-state index in [9.17, 15) is 9.36 Å². The zero-order chi connectivity index (χ0) is 18.6. The molecular formula is C18H31O5P. The van der Waals surface area contributed by atoms with Crippen molar-refractivity contribution in [2.75, 3.05) is 19.8 Å². The summed E-state index contributed by atoms with van der Waals surface area (Å²) in [4.78, 5) is 12.2. The van der Waals surface area contributed by atoms with Crippen LogP contribution in [0.2, 0.25) is 0 Å². The molecule has 0 saturated carbocycles. The number of ether oxygens (including phenoxy) is 1. The molecule has 24 heavy (non-hydrogen) atoms. The minimum Gasteiger partial charge on any atom is -0.462 e. The fourth-order valence-electron chi connectivity index (χ4n) is 1.89. The molecule has 0 aromatic heterocycles. The van der Waals surface area contributed by atoms with Crippen LogP contribution in [-0.2, 0) is 23.1 Å². The van der Waals surface area contributed by atoms with Crippen molar-refractivity contribution in [3.8, 4) is 0 Å². The Hall–Kier alpha value is -1.16. The zero-order valence-corrected chi connectivity index (χ0v) is 16.7. The summed E-state index contributed by atoms with van der Waals surface area (Å²) in [6, 6.07) is 0. The molecule has 138 valence electrons. The fourth-order valence-corrected chi connectivity index (χ4v) is 3.46. The maximum Gasteiger partial charge on any atom is 0.368 e. The maximum atomic E-state index is 12.9. The van der Waals surface area contributed by atoms with Crippen molar-refractivity contribution in [2.24, 2.45) is 0 Å². The van der Waals surface area contributed by atoms with Gasteiger partial charge >= 0.3 is 13.6 Å². The van der Waals surface area contributed by atoms with Crippen LogP contribution in [0, 0.1) is 0 Å². The molecule has 0 radical (unpaired) electrons. The molecule has 0 rings (SSSR count). The number of esters is 1. The number of allylic oxidation sites excluding steroid dienone is 5. The first kappa shape index (κ1) is 22.8. The zero-order valence-electron chi connectivity index (χ0n) is 15.8. The Morgan fingerprint density at radius 2 is 1.54 bits per heavy atom. The SMILES string of the molecule is CCOC(=O)/C(=C/C=C(\C)CCC=C(C)C)P(=O)(OCC)OCC. The molecule has 5 nitrogen and oxygen atoms in total. The standard InChI is InChI=1S/C18H31O5P/c1-7-21-18(19)17(24(20,22-8-2)23-9-3)14-13-16(6)12-10-11-15(4)5/h11,13-14H,7-10,12H2,1-6H3/b16-13+,17-14-. The minimum atomic E-state index is -3.68. The van der Waals surface area contributed by atoms with Crippen molar-refractivity contribution in [2.45, 2.75) is 54.4 Å². The molecule has 0 atom stereocenters. The predicted molar refractivity (Wildman–Crippen MR) is 98.0 cm³/mol. The van der Waals surface area contributed by atoms with Crippen LogP contribution in [0.25, 0.3) is 0 Å². The molecule has 0 aliphatic carbocycles. The van der Waals surface area contributed by atoms with Gasteiger partial charge in [-0.1, -0.05) is 23.3 Å². The Morgan fingerprint density at radius 3 is 2.00 bits per heavy atom. The monoisotopic (exact) mass is 358 g/mol. The summed E-state index contributed by atoms with van der Waals surface area (Å²) in [5, 5.41) is -0.0605. The van der Waals surface area contributed by atoms with Crippen molar-refractivity contribution < 1.29 is 23.1 Å². The van der Waals surface area contributed by atoms with E-state index in [2.05, 4.69) is 19.9 Å². The lowest BCUT2D eigenvalue weighted by Crippen LogP contribution is -2.11. The van der Waals surface area contributed by atoms with E-state index in [-0.39, 0.29) is 25.1 Å². The van der Waals surface area contributed by atoms with Crippen LogP contribution in [-0.4, -0.2) is 25.8 Å². The molecule has 0 amide bonds. The Kier molecular flexibility index (Phi) is 11.6. The van der Waals surface area contributed by atoms with Crippen LogP contribution in [0.5, 0.6) is 0 Å². The predicted octanol–water partition coefficient (Wildman–Crippen LogP) is 5.39. The van der Waals surface area contributed by atoms with Crippen molar-refractivity contribution in [3.63, 3.8) is 0 Å². The highest BCUT2D eigenvalue weighted by atomic mass is 31.2. The Labute approximate surface area is 146 Å². The highest BCUT2D eigenvalue weighted by Crippen LogP contribution is 2.56. The second-order valence-electron chi connectivity index (χ2n) is 5.44. The highest BCUT2D eigenvalue weighted by molar-refractivity contribution is 7.59. The van der Waals surface area contributed by atoms with E-state index in [1.165, 1.54) is 11.6 Å². The Morgan fingerprint density at radius 1 is 0.958 bits per heavy atom. The third kappa shape index (κ3) is 8.62. The van der Waals surface area contributed by atoms with Crippen molar-refractivity contribution >= 4 is 13.6 Å². The van der Waals surface area contributed by atoms with Gasteiger partial charge in [-0.15, -0.1) is 0 Å². The quantitative estimate of drug-likeness (QED) is 0.163. The van der Waals surface area contributed by atoms with Gasteiger partial charge in [-0.25, -0.2) is 4.79 Å². The van der Waals surface area contributed by atoms with E-state index in [1.54, 1.807) is 26.8 Å². The average Bonchev–Trinajstić information content (AvgIpc) is 2.47. The normalized spacial score (nSPS) is 12.9. The summed E-state index contributed by atoms with van der Waals surface area (Å²) in [6.07, 6.45) is 7.20. The summed E-state index contributed by atoms with van der Waals surface area (Å²) < 4.78 is 28.4. The Balaban J connectivity index is 5.49. The van der Waals surface area contributed by atoms with Gasteiger partial charge in [0, 0.05) is 0 Å². The van der Waals surface area contributed by atoms with Gasteiger partial charge in [0.2, 0.25) is 0 Å². The third-order valence-electron chi connectivity index (χ3n) is 2.99. The van der Waals surface area contributed by atoms with Crippen LogP contribution < -0.4 is 0 Å². The lowest BCUT2D eigenvalue weighted by atomic mass is 10.1. The number of rotatable bonds is 11. The van der Waals surface area contributed by atoms with Crippen LogP contribution in [0.4, 0.5) is 0 Å². The van der Waals surface area contributed by atoms with E-state index in [1.807, 2.05) is 6.92 Å². The number of carbonyl (C=O) groups is 1. The summed E-state index contributed by atoms with van der Waals surface area (Å²) in [5.74, 6) is -0.670. The summed E-state index contributed by atoms with van der Waals surface area (Å²) >= 11 is 0. The molecule has 0 heterocycles. The lowest BCUT2D eigenvalue weighted by Gasteiger charge is -2.18. The maximum absolute atomic E-state index is 12.9. The third-order valence-corrected chi connectivity index (χ3v) is 5.11. The van der Waals surface area contributed by atoms with E-state index < -0.39 is 13.6 Å². The molecule has 6 heteroatoms. The topological polar surface area (TPSA) is 61.8 Å². The lowest BCUT2D eigenvalue weighted by molar-refractivity contribution is -0.137. The largest absolute Gasteiger partial charge is 0.462 e. The summed E-state index contributed by atoms with van der Waals surface area (Å²) in [5.41, 5.74) is 2.33. The first-order valence-electron chi connectivity index (χ1n) is 8.38. The molecule has 0 aliphatic heterocycles. The minimum absolute atomic E-state index is 0.0605. The first-order chi connectivity index (χ1) is 11.3. The first-order valence-corrected chi connectivity index (χ1v) is 9.92. The van der Waals surface area contributed by atoms with Crippen LogP contribution in [0.3, 0.4) is 0 Å².